The molecule has 0 radical (unpaired) electrons. The van der Waals surface area contributed by atoms with Crippen LogP contribution < -0.4 is 10.1 Å². The second kappa shape index (κ2) is 7.61. The van der Waals surface area contributed by atoms with E-state index in [-0.39, 0.29) is 6.10 Å². The van der Waals surface area contributed by atoms with Gasteiger partial charge >= 0.3 is 0 Å². The first kappa shape index (κ1) is 15.3. The molecule has 118 valence electrons. The quantitative estimate of drug-likeness (QED) is 0.888. The lowest BCUT2D eigenvalue weighted by Crippen LogP contribution is -2.16. The van der Waals surface area contributed by atoms with E-state index in [1.54, 1.807) is 18.3 Å². The molecule has 0 spiro atoms. The molecule has 1 N–H and O–H groups in total. The molecule has 1 aromatic carbocycles. The number of ether oxygens (including phenoxy) is 2. The molecular formula is C18H19N3O2. The van der Waals surface area contributed by atoms with Crippen LogP contribution >= 0.6 is 0 Å². The fraction of sp³-hybridized carbons (Fsp3) is 0.333. The van der Waals surface area contributed by atoms with Gasteiger partial charge in [-0.3, -0.25) is 0 Å². The van der Waals surface area contributed by atoms with Crippen LogP contribution in [0.4, 0.5) is 5.82 Å². The maximum atomic E-state index is 9.07. The molecular weight excluding hydrogens is 290 g/mol. The number of nitrogens with one attached hydrogen (secondary N) is 1. The van der Waals surface area contributed by atoms with E-state index in [1.165, 1.54) is 0 Å². The average molecular weight is 309 g/mol. The Bertz CT molecular complexity index is 691. The van der Waals surface area contributed by atoms with Crippen LogP contribution in [-0.4, -0.2) is 24.3 Å². The molecule has 3 rings (SSSR count). The van der Waals surface area contributed by atoms with Crippen molar-refractivity contribution in [3.05, 3.63) is 53.7 Å². The van der Waals surface area contributed by atoms with Crippen LogP contribution in [0.1, 0.15) is 24.0 Å². The molecule has 0 saturated carbocycles. The van der Waals surface area contributed by atoms with E-state index >= 15 is 0 Å². The Kier molecular flexibility index (Phi) is 5.07. The smallest absolute Gasteiger partial charge is 0.144 e. The van der Waals surface area contributed by atoms with Crippen molar-refractivity contribution >= 4 is 5.82 Å². The molecule has 2 heterocycles. The summed E-state index contributed by atoms with van der Waals surface area (Å²) in [6, 6.07) is 13.6. The second-order valence-electron chi connectivity index (χ2n) is 5.46. The van der Waals surface area contributed by atoms with Crippen LogP contribution in [0, 0.1) is 11.3 Å². The van der Waals surface area contributed by atoms with Crippen molar-refractivity contribution in [3.8, 4) is 11.8 Å². The van der Waals surface area contributed by atoms with E-state index in [0.29, 0.717) is 24.5 Å². The summed E-state index contributed by atoms with van der Waals surface area (Å²) in [6.07, 6.45) is 4.06. The van der Waals surface area contributed by atoms with Gasteiger partial charge in [0.15, 0.2) is 0 Å². The molecule has 0 unspecified atom stereocenters. The second-order valence-corrected chi connectivity index (χ2v) is 5.46. The van der Waals surface area contributed by atoms with E-state index in [4.69, 9.17) is 14.7 Å². The molecule has 1 saturated heterocycles. The van der Waals surface area contributed by atoms with E-state index in [9.17, 15) is 0 Å². The highest BCUT2D eigenvalue weighted by Gasteiger charge is 2.15. The zero-order valence-electron chi connectivity index (χ0n) is 12.9. The van der Waals surface area contributed by atoms with Crippen molar-refractivity contribution in [2.75, 3.05) is 18.5 Å². The van der Waals surface area contributed by atoms with Crippen molar-refractivity contribution in [1.82, 2.24) is 4.98 Å². The molecule has 2 aromatic rings. The lowest BCUT2D eigenvalue weighted by atomic mass is 10.2. The van der Waals surface area contributed by atoms with Crippen molar-refractivity contribution in [2.45, 2.75) is 25.5 Å². The van der Waals surface area contributed by atoms with Gasteiger partial charge < -0.3 is 14.8 Å². The standard InChI is InChI=1S/C18H19N3O2/c19-11-15-5-2-8-20-18(15)21-12-14-4-1-6-16(10-14)23-13-17-7-3-9-22-17/h1-2,4-6,8,10,17H,3,7,9,12-13H2,(H,20,21)/t17-/m0/s1. The summed E-state index contributed by atoms with van der Waals surface area (Å²) in [6.45, 7) is 2.02. The number of anilines is 1. The molecule has 5 heteroatoms. The Labute approximate surface area is 135 Å². The maximum Gasteiger partial charge on any atom is 0.144 e. The Hall–Kier alpha value is -2.58. The van der Waals surface area contributed by atoms with Gasteiger partial charge in [0.25, 0.3) is 0 Å². The minimum atomic E-state index is 0.212. The maximum absolute atomic E-state index is 9.07. The number of rotatable bonds is 6. The zero-order valence-corrected chi connectivity index (χ0v) is 12.9. The van der Waals surface area contributed by atoms with Crippen LogP contribution in [0.2, 0.25) is 0 Å². The van der Waals surface area contributed by atoms with Gasteiger partial charge in [0.1, 0.15) is 24.2 Å². The van der Waals surface area contributed by atoms with Gasteiger partial charge in [-0.05, 0) is 42.7 Å². The van der Waals surface area contributed by atoms with Crippen LogP contribution in [0.15, 0.2) is 42.6 Å². The fourth-order valence-corrected chi connectivity index (χ4v) is 2.53. The minimum absolute atomic E-state index is 0.212. The zero-order chi connectivity index (χ0) is 15.9. The van der Waals surface area contributed by atoms with Crippen molar-refractivity contribution in [2.24, 2.45) is 0 Å². The monoisotopic (exact) mass is 309 g/mol. The molecule has 1 aliphatic rings. The Balaban J connectivity index is 1.58. The van der Waals surface area contributed by atoms with Gasteiger partial charge in [0.05, 0.1) is 11.7 Å². The van der Waals surface area contributed by atoms with Crippen LogP contribution in [-0.2, 0) is 11.3 Å². The summed E-state index contributed by atoms with van der Waals surface area (Å²) in [4.78, 5) is 4.19. The highest BCUT2D eigenvalue weighted by atomic mass is 16.5. The third-order valence-corrected chi connectivity index (χ3v) is 3.75. The van der Waals surface area contributed by atoms with E-state index < -0.39 is 0 Å². The fourth-order valence-electron chi connectivity index (χ4n) is 2.53. The number of pyridine rings is 1. The highest BCUT2D eigenvalue weighted by molar-refractivity contribution is 5.51. The third kappa shape index (κ3) is 4.21. The van der Waals surface area contributed by atoms with Gasteiger partial charge in [-0.2, -0.15) is 5.26 Å². The summed E-state index contributed by atoms with van der Waals surface area (Å²) in [7, 11) is 0. The lowest BCUT2D eigenvalue weighted by molar-refractivity contribution is 0.0679. The summed E-state index contributed by atoms with van der Waals surface area (Å²) in [5.74, 6) is 1.43. The molecule has 5 nitrogen and oxygen atoms in total. The number of nitrogens with zero attached hydrogens (tertiary/aromatic N) is 2. The van der Waals surface area contributed by atoms with Gasteiger partial charge in [-0.15, -0.1) is 0 Å². The first-order valence-corrected chi connectivity index (χ1v) is 7.77. The summed E-state index contributed by atoms with van der Waals surface area (Å²) in [5, 5.41) is 12.3. The first-order chi connectivity index (χ1) is 11.3. The average Bonchev–Trinajstić information content (AvgIpc) is 3.12. The summed E-state index contributed by atoms with van der Waals surface area (Å²) >= 11 is 0. The Morgan fingerprint density at radius 2 is 2.30 bits per heavy atom. The molecule has 1 aliphatic heterocycles. The van der Waals surface area contributed by atoms with Crippen LogP contribution in [0.5, 0.6) is 5.75 Å². The minimum Gasteiger partial charge on any atom is -0.491 e. The molecule has 23 heavy (non-hydrogen) atoms. The van der Waals surface area contributed by atoms with Crippen LogP contribution in [0.3, 0.4) is 0 Å². The molecule has 1 atom stereocenters. The van der Waals surface area contributed by atoms with Gasteiger partial charge in [0.2, 0.25) is 0 Å². The number of nitriles is 1. The highest BCUT2D eigenvalue weighted by Crippen LogP contribution is 2.18. The van der Waals surface area contributed by atoms with Crippen molar-refractivity contribution < 1.29 is 9.47 Å². The predicted octanol–water partition coefficient (Wildman–Crippen LogP) is 3.12. The van der Waals surface area contributed by atoms with E-state index in [0.717, 1.165) is 30.8 Å². The summed E-state index contributed by atoms with van der Waals surface area (Å²) < 4.78 is 11.4. The van der Waals surface area contributed by atoms with Crippen LogP contribution in [0.25, 0.3) is 0 Å². The normalized spacial score (nSPS) is 16.7. The molecule has 0 bridgehead atoms. The van der Waals surface area contributed by atoms with Gasteiger partial charge in [0, 0.05) is 19.3 Å². The number of hydrogen-bond donors (Lipinski definition) is 1. The topological polar surface area (TPSA) is 67.2 Å². The first-order valence-electron chi connectivity index (χ1n) is 7.77. The molecule has 1 fully saturated rings. The number of aromatic nitrogens is 1. The van der Waals surface area contributed by atoms with E-state index in [2.05, 4.69) is 16.4 Å². The SMILES string of the molecule is N#Cc1cccnc1NCc1cccc(OC[C@@H]2CCCO2)c1. The van der Waals surface area contributed by atoms with Crippen molar-refractivity contribution in [3.63, 3.8) is 0 Å². The third-order valence-electron chi connectivity index (χ3n) is 3.75. The number of hydrogen-bond acceptors (Lipinski definition) is 5. The largest absolute Gasteiger partial charge is 0.491 e. The molecule has 0 amide bonds. The Morgan fingerprint density at radius 1 is 1.35 bits per heavy atom. The summed E-state index contributed by atoms with van der Waals surface area (Å²) in [5.41, 5.74) is 1.61. The number of benzene rings is 1. The molecule has 1 aromatic heterocycles. The van der Waals surface area contributed by atoms with Gasteiger partial charge in [-0.25, -0.2) is 4.98 Å². The predicted molar refractivity (Wildman–Crippen MR) is 87.2 cm³/mol. The van der Waals surface area contributed by atoms with Gasteiger partial charge in [-0.1, -0.05) is 12.1 Å². The molecule has 0 aliphatic carbocycles. The lowest BCUT2D eigenvalue weighted by Gasteiger charge is -2.12. The van der Waals surface area contributed by atoms with Crippen molar-refractivity contribution in [1.29, 1.82) is 5.26 Å². The van der Waals surface area contributed by atoms with E-state index in [1.807, 2.05) is 24.3 Å². The Morgan fingerprint density at radius 3 is 3.13 bits per heavy atom.